The van der Waals surface area contributed by atoms with Gasteiger partial charge in [0.25, 0.3) is 5.91 Å². The van der Waals surface area contributed by atoms with E-state index in [1.807, 2.05) is 36.2 Å². The van der Waals surface area contributed by atoms with E-state index in [0.717, 1.165) is 11.3 Å². The zero-order valence-corrected chi connectivity index (χ0v) is 12.2. The highest BCUT2D eigenvalue weighted by atomic mass is 16.5. The van der Waals surface area contributed by atoms with Crippen molar-refractivity contribution in [3.8, 4) is 5.75 Å². The summed E-state index contributed by atoms with van der Waals surface area (Å²) in [6, 6.07) is 12.8. The monoisotopic (exact) mass is 285 g/mol. The number of hydrogen-bond donors (Lipinski definition) is 2. The number of methoxy groups -OCH3 is 1. The van der Waals surface area contributed by atoms with E-state index in [1.54, 1.807) is 25.3 Å². The van der Waals surface area contributed by atoms with Crippen LogP contribution in [0.25, 0.3) is 0 Å². The maximum atomic E-state index is 11.5. The normalized spacial score (nSPS) is 10.2. The number of primary amides is 1. The summed E-state index contributed by atoms with van der Waals surface area (Å²) in [5, 5.41) is 0. The molecule has 2 aromatic rings. The highest BCUT2D eigenvalue weighted by Gasteiger charge is 2.14. The summed E-state index contributed by atoms with van der Waals surface area (Å²) in [5.41, 5.74) is 14.0. The van der Waals surface area contributed by atoms with Crippen LogP contribution in [0.1, 0.15) is 15.9 Å². The molecule has 0 radical (unpaired) electrons. The number of benzene rings is 2. The Bertz CT molecular complexity index is 656. The molecule has 0 aliphatic heterocycles. The second-order valence-corrected chi connectivity index (χ2v) is 4.81. The van der Waals surface area contributed by atoms with Crippen molar-refractivity contribution >= 4 is 17.3 Å². The van der Waals surface area contributed by atoms with Crippen molar-refractivity contribution in [2.24, 2.45) is 5.73 Å². The molecule has 1 amide bonds. The Morgan fingerprint density at radius 1 is 1.24 bits per heavy atom. The van der Waals surface area contributed by atoms with E-state index in [-0.39, 0.29) is 0 Å². The van der Waals surface area contributed by atoms with Gasteiger partial charge < -0.3 is 21.1 Å². The average molecular weight is 285 g/mol. The Morgan fingerprint density at radius 3 is 2.62 bits per heavy atom. The smallest absolute Gasteiger partial charge is 0.250 e. The van der Waals surface area contributed by atoms with Gasteiger partial charge in [-0.2, -0.15) is 0 Å². The van der Waals surface area contributed by atoms with Gasteiger partial charge in [0.1, 0.15) is 5.75 Å². The molecule has 0 unspecified atom stereocenters. The number of para-hydroxylation sites is 1. The third-order valence-corrected chi connectivity index (χ3v) is 3.30. The van der Waals surface area contributed by atoms with Crippen LogP contribution in [-0.2, 0) is 6.54 Å². The maximum Gasteiger partial charge on any atom is 0.250 e. The van der Waals surface area contributed by atoms with Gasteiger partial charge in [-0.3, -0.25) is 4.79 Å². The number of ether oxygens (including phenoxy) is 1. The van der Waals surface area contributed by atoms with Crippen LogP contribution < -0.4 is 21.1 Å². The van der Waals surface area contributed by atoms with Gasteiger partial charge in [-0.1, -0.05) is 18.2 Å². The number of nitrogens with two attached hydrogens (primary N) is 2. The Balaban J connectivity index is 2.34. The molecule has 0 heterocycles. The molecule has 21 heavy (non-hydrogen) atoms. The van der Waals surface area contributed by atoms with E-state index in [2.05, 4.69) is 0 Å². The van der Waals surface area contributed by atoms with Gasteiger partial charge >= 0.3 is 0 Å². The number of nitrogen functional groups attached to an aromatic ring is 1. The predicted molar refractivity (Wildman–Crippen MR) is 84.5 cm³/mol. The van der Waals surface area contributed by atoms with Gasteiger partial charge in [-0.25, -0.2) is 0 Å². The van der Waals surface area contributed by atoms with E-state index >= 15 is 0 Å². The van der Waals surface area contributed by atoms with Crippen LogP contribution in [0.4, 0.5) is 11.4 Å². The van der Waals surface area contributed by atoms with Crippen molar-refractivity contribution in [3.63, 3.8) is 0 Å². The molecule has 0 aliphatic rings. The summed E-state index contributed by atoms with van der Waals surface area (Å²) in [5.74, 6) is 0.325. The minimum atomic E-state index is -0.475. The number of anilines is 2. The van der Waals surface area contributed by atoms with E-state index in [0.29, 0.717) is 23.5 Å². The van der Waals surface area contributed by atoms with Crippen LogP contribution in [0.15, 0.2) is 42.5 Å². The van der Waals surface area contributed by atoms with E-state index in [4.69, 9.17) is 16.2 Å². The van der Waals surface area contributed by atoms with Crippen molar-refractivity contribution < 1.29 is 9.53 Å². The minimum absolute atomic E-state index is 0.446. The summed E-state index contributed by atoms with van der Waals surface area (Å²) in [6.45, 7) is 0.577. The lowest BCUT2D eigenvalue weighted by molar-refractivity contribution is 0.100. The maximum absolute atomic E-state index is 11.5. The van der Waals surface area contributed by atoms with Crippen molar-refractivity contribution in [2.45, 2.75) is 6.54 Å². The fourth-order valence-corrected chi connectivity index (χ4v) is 2.25. The number of rotatable bonds is 5. The van der Waals surface area contributed by atoms with E-state index < -0.39 is 5.91 Å². The quantitative estimate of drug-likeness (QED) is 0.823. The fourth-order valence-electron chi connectivity index (χ4n) is 2.25. The molecule has 0 saturated carbocycles. The highest BCUT2D eigenvalue weighted by Crippen LogP contribution is 2.26. The van der Waals surface area contributed by atoms with Gasteiger partial charge in [0, 0.05) is 24.8 Å². The minimum Gasteiger partial charge on any atom is -0.496 e. The fraction of sp³-hybridized carbons (Fsp3) is 0.188. The Kier molecular flexibility index (Phi) is 4.33. The summed E-state index contributed by atoms with van der Waals surface area (Å²) >= 11 is 0. The van der Waals surface area contributed by atoms with Crippen LogP contribution in [0.5, 0.6) is 5.75 Å². The first kappa shape index (κ1) is 14.7. The lowest BCUT2D eigenvalue weighted by Crippen LogP contribution is -2.22. The lowest BCUT2D eigenvalue weighted by Gasteiger charge is -2.23. The molecular weight excluding hydrogens is 266 g/mol. The Hall–Kier alpha value is -2.69. The van der Waals surface area contributed by atoms with Crippen LogP contribution in [0, 0.1) is 0 Å². The molecule has 4 N–H and O–H groups in total. The molecule has 2 aromatic carbocycles. The number of carbonyl (C=O) groups excluding carboxylic acids is 1. The van der Waals surface area contributed by atoms with Crippen LogP contribution in [-0.4, -0.2) is 20.1 Å². The first-order chi connectivity index (χ1) is 10.0. The molecule has 0 aromatic heterocycles. The summed E-state index contributed by atoms with van der Waals surface area (Å²) < 4.78 is 5.34. The van der Waals surface area contributed by atoms with Crippen molar-refractivity contribution in [1.29, 1.82) is 0 Å². The lowest BCUT2D eigenvalue weighted by atomic mass is 10.1. The SMILES string of the molecule is COc1ccccc1CN(C)c1cc(N)ccc1C(N)=O. The third kappa shape index (κ3) is 3.25. The van der Waals surface area contributed by atoms with Crippen LogP contribution >= 0.6 is 0 Å². The number of nitrogens with zero attached hydrogens (tertiary/aromatic N) is 1. The topological polar surface area (TPSA) is 81.6 Å². The summed E-state index contributed by atoms with van der Waals surface area (Å²) in [7, 11) is 3.52. The molecule has 0 fully saturated rings. The second-order valence-electron chi connectivity index (χ2n) is 4.81. The largest absolute Gasteiger partial charge is 0.496 e. The molecule has 0 aliphatic carbocycles. The molecule has 0 spiro atoms. The third-order valence-electron chi connectivity index (χ3n) is 3.30. The van der Waals surface area contributed by atoms with Crippen molar-refractivity contribution in [1.82, 2.24) is 0 Å². The molecule has 0 bridgehead atoms. The molecular formula is C16H19N3O2. The highest BCUT2D eigenvalue weighted by molar-refractivity contribution is 5.99. The van der Waals surface area contributed by atoms with Crippen molar-refractivity contribution in [2.75, 3.05) is 24.8 Å². The molecule has 0 saturated heterocycles. The van der Waals surface area contributed by atoms with Gasteiger partial charge in [0.15, 0.2) is 0 Å². The number of amides is 1. The molecule has 0 atom stereocenters. The van der Waals surface area contributed by atoms with E-state index in [1.165, 1.54) is 0 Å². The van der Waals surface area contributed by atoms with Gasteiger partial charge in [0.05, 0.1) is 18.4 Å². The first-order valence-electron chi connectivity index (χ1n) is 6.55. The van der Waals surface area contributed by atoms with Gasteiger partial charge in [0.2, 0.25) is 0 Å². The summed E-state index contributed by atoms with van der Waals surface area (Å²) in [4.78, 5) is 13.5. The van der Waals surface area contributed by atoms with Gasteiger partial charge in [-0.05, 0) is 24.3 Å². The first-order valence-corrected chi connectivity index (χ1v) is 6.55. The standard InChI is InChI=1S/C16H19N3O2/c1-19(10-11-5-3-4-6-15(11)21-2)14-9-12(17)7-8-13(14)16(18)20/h3-9H,10,17H2,1-2H3,(H2,18,20). The number of hydrogen-bond acceptors (Lipinski definition) is 4. The second kappa shape index (κ2) is 6.17. The van der Waals surface area contributed by atoms with Crippen LogP contribution in [0.3, 0.4) is 0 Å². The number of carbonyl (C=O) groups is 1. The zero-order chi connectivity index (χ0) is 15.4. The molecule has 2 rings (SSSR count). The average Bonchev–Trinajstić information content (AvgIpc) is 2.47. The molecule has 110 valence electrons. The Labute approximate surface area is 124 Å². The van der Waals surface area contributed by atoms with Crippen molar-refractivity contribution in [3.05, 3.63) is 53.6 Å². The predicted octanol–water partition coefficient (Wildman–Crippen LogP) is 2.01. The van der Waals surface area contributed by atoms with E-state index in [9.17, 15) is 4.79 Å². The van der Waals surface area contributed by atoms with Gasteiger partial charge in [-0.15, -0.1) is 0 Å². The zero-order valence-electron chi connectivity index (χ0n) is 12.2. The molecule has 5 heteroatoms. The van der Waals surface area contributed by atoms with Crippen LogP contribution in [0.2, 0.25) is 0 Å². The molecule has 5 nitrogen and oxygen atoms in total. The Morgan fingerprint density at radius 2 is 1.95 bits per heavy atom. The summed E-state index contributed by atoms with van der Waals surface area (Å²) in [6.07, 6.45) is 0.